The molecule has 2 N–H and O–H groups in total. The molecule has 0 fully saturated rings. The molecule has 0 aliphatic carbocycles. The van der Waals surface area contributed by atoms with Gasteiger partial charge in [-0.15, -0.1) is 0 Å². The van der Waals surface area contributed by atoms with Crippen molar-refractivity contribution in [1.29, 1.82) is 0 Å². The molecule has 0 aliphatic rings. The van der Waals surface area contributed by atoms with Gasteiger partial charge in [-0.1, -0.05) is 33.0 Å². The summed E-state index contributed by atoms with van der Waals surface area (Å²) in [5.41, 5.74) is 5.64. The molecule has 0 aromatic rings. The van der Waals surface area contributed by atoms with E-state index in [9.17, 15) is 0 Å². The monoisotopic (exact) mass is 202 g/mol. The van der Waals surface area contributed by atoms with E-state index in [2.05, 4.69) is 32.7 Å². The van der Waals surface area contributed by atoms with Crippen molar-refractivity contribution in [2.75, 3.05) is 13.6 Å². The summed E-state index contributed by atoms with van der Waals surface area (Å²) in [5, 5.41) is 0. The average molecular weight is 202 g/mol. The van der Waals surface area contributed by atoms with Crippen molar-refractivity contribution in [3.05, 3.63) is 0 Å². The zero-order valence-electron chi connectivity index (χ0n) is 9.21. The fourth-order valence-electron chi connectivity index (χ4n) is 1.35. The van der Waals surface area contributed by atoms with Gasteiger partial charge in [-0.2, -0.15) is 0 Å². The van der Waals surface area contributed by atoms with Gasteiger partial charge in [0.15, 0.2) is 0 Å². The molecule has 0 radical (unpaired) electrons. The Morgan fingerprint density at radius 2 is 2.00 bits per heavy atom. The number of likely N-dealkylation sites (N-methyl/N-ethyl adjacent to an activating group) is 1. The first-order chi connectivity index (χ1) is 5.99. The molecule has 0 aliphatic heterocycles. The third-order valence-electron chi connectivity index (χ3n) is 2.31. The summed E-state index contributed by atoms with van der Waals surface area (Å²) in [7, 11) is 2.09. The summed E-state index contributed by atoms with van der Waals surface area (Å²) in [6, 6.07) is 0.272. The Kier molecular flexibility index (Phi) is 6.25. The maximum Gasteiger partial charge on any atom is 0.0901 e. The van der Waals surface area contributed by atoms with Gasteiger partial charge in [0.25, 0.3) is 0 Å². The van der Waals surface area contributed by atoms with Gasteiger partial charge in [0, 0.05) is 0 Å². The van der Waals surface area contributed by atoms with Crippen LogP contribution in [0.3, 0.4) is 0 Å². The minimum atomic E-state index is 0.272. The molecule has 0 saturated heterocycles. The number of nitrogens with zero attached hydrogens (tertiary/aromatic N) is 1. The Morgan fingerprint density at radius 3 is 2.31 bits per heavy atom. The largest absolute Gasteiger partial charge is 0.392 e. The molecule has 3 heteroatoms. The molecule has 0 bridgehead atoms. The smallest absolute Gasteiger partial charge is 0.0901 e. The highest BCUT2D eigenvalue weighted by molar-refractivity contribution is 7.80. The quantitative estimate of drug-likeness (QED) is 0.668. The fourth-order valence-corrected chi connectivity index (χ4v) is 1.69. The molecule has 1 atom stereocenters. The molecule has 78 valence electrons. The van der Waals surface area contributed by atoms with E-state index in [0.29, 0.717) is 4.99 Å². The summed E-state index contributed by atoms with van der Waals surface area (Å²) >= 11 is 5.01. The first kappa shape index (κ1) is 12.8. The topological polar surface area (TPSA) is 29.3 Å². The van der Waals surface area contributed by atoms with E-state index >= 15 is 0 Å². The molecule has 0 aromatic heterocycles. The highest BCUT2D eigenvalue weighted by Crippen LogP contribution is 2.06. The van der Waals surface area contributed by atoms with Crippen molar-refractivity contribution in [3.8, 4) is 0 Å². The molecule has 0 rings (SSSR count). The van der Waals surface area contributed by atoms with E-state index in [-0.39, 0.29) is 6.04 Å². The number of hydrogen-bond acceptors (Lipinski definition) is 2. The van der Waals surface area contributed by atoms with Crippen LogP contribution in [-0.2, 0) is 0 Å². The highest BCUT2D eigenvalue weighted by atomic mass is 32.1. The summed E-state index contributed by atoms with van der Waals surface area (Å²) < 4.78 is 0. The van der Waals surface area contributed by atoms with Crippen molar-refractivity contribution in [2.45, 2.75) is 39.7 Å². The van der Waals surface area contributed by atoms with Crippen LogP contribution in [0.4, 0.5) is 0 Å². The van der Waals surface area contributed by atoms with Crippen molar-refractivity contribution < 1.29 is 0 Å². The van der Waals surface area contributed by atoms with Crippen LogP contribution in [0, 0.1) is 5.92 Å². The first-order valence-electron chi connectivity index (χ1n) is 4.98. The van der Waals surface area contributed by atoms with Gasteiger partial charge in [-0.25, -0.2) is 0 Å². The van der Waals surface area contributed by atoms with Crippen molar-refractivity contribution in [1.82, 2.24) is 4.90 Å². The van der Waals surface area contributed by atoms with Gasteiger partial charge in [-0.05, 0) is 32.4 Å². The lowest BCUT2D eigenvalue weighted by Gasteiger charge is -2.26. The van der Waals surface area contributed by atoms with E-state index in [1.54, 1.807) is 0 Å². The van der Waals surface area contributed by atoms with Crippen LogP contribution in [0.25, 0.3) is 0 Å². The number of hydrogen-bond donors (Lipinski definition) is 1. The molecule has 2 nitrogen and oxygen atoms in total. The van der Waals surface area contributed by atoms with Gasteiger partial charge in [-0.3, -0.25) is 4.90 Å². The van der Waals surface area contributed by atoms with Gasteiger partial charge in [0.05, 0.1) is 11.0 Å². The van der Waals surface area contributed by atoms with Gasteiger partial charge in [0.2, 0.25) is 0 Å². The minimum absolute atomic E-state index is 0.272. The maximum absolute atomic E-state index is 5.64. The van der Waals surface area contributed by atoms with E-state index in [1.165, 1.54) is 6.42 Å². The average Bonchev–Trinajstić information content (AvgIpc) is 2.01. The lowest BCUT2D eigenvalue weighted by molar-refractivity contribution is 0.274. The van der Waals surface area contributed by atoms with Crippen LogP contribution in [0.2, 0.25) is 0 Å². The summed E-state index contributed by atoms with van der Waals surface area (Å²) in [5.74, 6) is 0.742. The van der Waals surface area contributed by atoms with E-state index in [4.69, 9.17) is 18.0 Å². The Balaban J connectivity index is 3.91. The zero-order chi connectivity index (χ0) is 10.4. The first-order valence-corrected chi connectivity index (χ1v) is 5.39. The Labute approximate surface area is 87.5 Å². The molecule has 1 unspecified atom stereocenters. The Morgan fingerprint density at radius 1 is 1.46 bits per heavy atom. The maximum atomic E-state index is 5.64. The minimum Gasteiger partial charge on any atom is -0.392 e. The molecular formula is C10H22N2S. The Hall–Kier alpha value is -0.150. The summed E-state index contributed by atoms with van der Waals surface area (Å²) in [6.07, 6.45) is 2.21. The number of nitrogens with two attached hydrogens (primary N) is 1. The number of thiocarbonyl (C=S) groups is 1. The molecule has 0 saturated carbocycles. The third kappa shape index (κ3) is 5.21. The highest BCUT2D eigenvalue weighted by Gasteiger charge is 2.14. The predicted octanol–water partition coefficient (Wildman–Crippen LogP) is 2.03. The van der Waals surface area contributed by atoms with E-state index in [0.717, 1.165) is 18.9 Å². The third-order valence-corrected chi connectivity index (χ3v) is 2.58. The lowest BCUT2D eigenvalue weighted by Crippen LogP contribution is -2.41. The predicted molar refractivity (Wildman–Crippen MR) is 62.9 cm³/mol. The summed E-state index contributed by atoms with van der Waals surface area (Å²) in [6.45, 7) is 7.66. The van der Waals surface area contributed by atoms with Crippen molar-refractivity contribution in [2.24, 2.45) is 11.7 Å². The van der Waals surface area contributed by atoms with Crippen molar-refractivity contribution in [3.63, 3.8) is 0 Å². The molecular weight excluding hydrogens is 180 g/mol. The van der Waals surface area contributed by atoms with Gasteiger partial charge >= 0.3 is 0 Å². The fraction of sp³-hybridized carbons (Fsp3) is 0.900. The van der Waals surface area contributed by atoms with Gasteiger partial charge in [0.1, 0.15) is 0 Å². The Bertz CT molecular complexity index is 157. The molecule has 0 aromatic carbocycles. The van der Waals surface area contributed by atoms with E-state index in [1.807, 2.05) is 0 Å². The normalized spacial score (nSPS) is 13.7. The van der Waals surface area contributed by atoms with Gasteiger partial charge < -0.3 is 5.73 Å². The molecule has 0 spiro atoms. The van der Waals surface area contributed by atoms with Crippen LogP contribution < -0.4 is 5.73 Å². The lowest BCUT2D eigenvalue weighted by atomic mass is 10.1. The second-order valence-corrected chi connectivity index (χ2v) is 4.46. The SMILES string of the molecule is CCC(C(N)=S)N(C)CCC(C)C. The standard InChI is InChI=1S/C10H22N2S/c1-5-9(10(11)13)12(4)7-6-8(2)3/h8-9H,5-7H2,1-4H3,(H2,11,13). The van der Waals surface area contributed by atoms with Crippen LogP contribution in [0.15, 0.2) is 0 Å². The van der Waals surface area contributed by atoms with Crippen LogP contribution in [0.5, 0.6) is 0 Å². The number of rotatable bonds is 6. The zero-order valence-corrected chi connectivity index (χ0v) is 10.0. The second kappa shape index (κ2) is 6.33. The van der Waals surface area contributed by atoms with Crippen LogP contribution in [-0.4, -0.2) is 29.5 Å². The molecule has 13 heavy (non-hydrogen) atoms. The van der Waals surface area contributed by atoms with Crippen LogP contribution >= 0.6 is 12.2 Å². The molecule has 0 amide bonds. The van der Waals surface area contributed by atoms with E-state index < -0.39 is 0 Å². The molecule has 0 heterocycles. The van der Waals surface area contributed by atoms with Crippen molar-refractivity contribution >= 4 is 17.2 Å². The summed E-state index contributed by atoms with van der Waals surface area (Å²) in [4.78, 5) is 2.87. The van der Waals surface area contributed by atoms with Crippen LogP contribution in [0.1, 0.15) is 33.6 Å². The second-order valence-electron chi connectivity index (χ2n) is 3.99.